The monoisotopic (exact) mass is 289 g/mol. The molecule has 0 aromatic heterocycles. The van der Waals surface area contributed by atoms with Crippen molar-refractivity contribution in [3.05, 3.63) is 24.3 Å². The van der Waals surface area contributed by atoms with Crippen LogP contribution >= 0.6 is 0 Å². The number of anilines is 2. The summed E-state index contributed by atoms with van der Waals surface area (Å²) in [5.41, 5.74) is 1.99. The number of para-hydroxylation sites is 2. The molecule has 0 saturated carbocycles. The summed E-state index contributed by atoms with van der Waals surface area (Å²) in [6, 6.07) is 7.96. The topological polar surface area (TPSA) is 53.6 Å². The molecule has 0 radical (unpaired) electrons. The number of hydrogen-bond donors (Lipinski definition) is 2. The Morgan fingerprint density at radius 2 is 2.05 bits per heavy atom. The lowest BCUT2D eigenvalue weighted by atomic mass is 10.0. The van der Waals surface area contributed by atoms with Gasteiger partial charge in [0.25, 0.3) is 0 Å². The Balaban J connectivity index is 1.70. The predicted octanol–water partition coefficient (Wildman–Crippen LogP) is 1.60. The summed E-state index contributed by atoms with van der Waals surface area (Å²) >= 11 is 0. The van der Waals surface area contributed by atoms with Crippen molar-refractivity contribution in [3.8, 4) is 0 Å². The molecule has 1 unspecified atom stereocenters. The van der Waals surface area contributed by atoms with Crippen LogP contribution in [-0.4, -0.2) is 44.8 Å². The first-order valence-electron chi connectivity index (χ1n) is 7.80. The minimum absolute atomic E-state index is 0.0588. The normalized spacial score (nSPS) is 22.9. The average molecular weight is 289 g/mol. The van der Waals surface area contributed by atoms with Gasteiger partial charge in [0.15, 0.2) is 0 Å². The molecule has 21 heavy (non-hydrogen) atoms. The first-order chi connectivity index (χ1) is 10.3. The van der Waals surface area contributed by atoms with E-state index in [1.165, 1.54) is 0 Å². The third kappa shape index (κ3) is 3.54. The number of amides is 1. The zero-order valence-electron chi connectivity index (χ0n) is 12.3. The van der Waals surface area contributed by atoms with Crippen LogP contribution in [0.2, 0.25) is 0 Å². The number of nitrogens with one attached hydrogen (secondary N) is 2. The fourth-order valence-electron chi connectivity index (χ4n) is 2.95. The van der Waals surface area contributed by atoms with E-state index in [1.807, 2.05) is 18.2 Å². The summed E-state index contributed by atoms with van der Waals surface area (Å²) in [4.78, 5) is 14.7. The largest absolute Gasteiger partial charge is 0.378 e. The summed E-state index contributed by atoms with van der Waals surface area (Å²) in [6.45, 7) is 4.16. The SMILES string of the molecule is O=C(Nc1ccccc1N1CCOCC1)C1CCCCN1. The third-order valence-electron chi connectivity index (χ3n) is 4.14. The van der Waals surface area contributed by atoms with Gasteiger partial charge in [0.05, 0.1) is 30.6 Å². The van der Waals surface area contributed by atoms with Crippen LogP contribution in [0.5, 0.6) is 0 Å². The molecule has 2 N–H and O–H groups in total. The van der Waals surface area contributed by atoms with Crippen molar-refractivity contribution >= 4 is 17.3 Å². The lowest BCUT2D eigenvalue weighted by Gasteiger charge is -2.31. The van der Waals surface area contributed by atoms with Gasteiger partial charge in [-0.05, 0) is 31.5 Å². The van der Waals surface area contributed by atoms with Crippen LogP contribution in [-0.2, 0) is 9.53 Å². The minimum Gasteiger partial charge on any atom is -0.378 e. The number of nitrogens with zero attached hydrogens (tertiary/aromatic N) is 1. The van der Waals surface area contributed by atoms with Crippen molar-refractivity contribution in [1.82, 2.24) is 5.32 Å². The molecule has 3 rings (SSSR count). The fourth-order valence-corrected chi connectivity index (χ4v) is 2.95. The Labute approximate surface area is 125 Å². The van der Waals surface area contributed by atoms with E-state index in [0.717, 1.165) is 63.5 Å². The second-order valence-electron chi connectivity index (χ2n) is 5.61. The molecule has 2 aliphatic rings. The second kappa shape index (κ2) is 6.91. The number of hydrogen-bond acceptors (Lipinski definition) is 4. The van der Waals surface area contributed by atoms with E-state index < -0.39 is 0 Å². The van der Waals surface area contributed by atoms with Crippen molar-refractivity contribution in [2.75, 3.05) is 43.1 Å². The lowest BCUT2D eigenvalue weighted by molar-refractivity contribution is -0.118. The molecule has 114 valence electrons. The maximum atomic E-state index is 12.4. The molecule has 5 nitrogen and oxygen atoms in total. The van der Waals surface area contributed by atoms with Crippen LogP contribution < -0.4 is 15.5 Å². The first kappa shape index (κ1) is 14.4. The Morgan fingerprint density at radius 1 is 1.24 bits per heavy atom. The van der Waals surface area contributed by atoms with E-state index in [9.17, 15) is 4.79 Å². The zero-order chi connectivity index (χ0) is 14.5. The number of rotatable bonds is 3. The third-order valence-corrected chi connectivity index (χ3v) is 4.14. The highest BCUT2D eigenvalue weighted by molar-refractivity contribution is 5.97. The van der Waals surface area contributed by atoms with Gasteiger partial charge in [-0.15, -0.1) is 0 Å². The zero-order valence-corrected chi connectivity index (χ0v) is 12.3. The average Bonchev–Trinajstić information content (AvgIpc) is 2.57. The molecule has 0 aliphatic carbocycles. The number of benzene rings is 1. The molecule has 1 atom stereocenters. The van der Waals surface area contributed by atoms with Gasteiger partial charge >= 0.3 is 0 Å². The molecule has 0 bridgehead atoms. The van der Waals surface area contributed by atoms with Crippen LogP contribution in [0.4, 0.5) is 11.4 Å². The molecule has 5 heteroatoms. The van der Waals surface area contributed by atoms with E-state index in [1.54, 1.807) is 0 Å². The Morgan fingerprint density at radius 3 is 2.81 bits per heavy atom. The van der Waals surface area contributed by atoms with Gasteiger partial charge in [0.2, 0.25) is 5.91 Å². The highest BCUT2D eigenvalue weighted by Crippen LogP contribution is 2.26. The first-order valence-corrected chi connectivity index (χ1v) is 7.80. The molecule has 1 aromatic rings. The molecule has 1 aromatic carbocycles. The van der Waals surface area contributed by atoms with Gasteiger partial charge in [-0.3, -0.25) is 4.79 Å². The molecule has 2 heterocycles. The molecular weight excluding hydrogens is 266 g/mol. The number of carbonyl (C=O) groups is 1. The van der Waals surface area contributed by atoms with Crippen molar-refractivity contribution in [3.63, 3.8) is 0 Å². The summed E-state index contributed by atoms with van der Waals surface area (Å²) in [6.07, 6.45) is 3.20. The van der Waals surface area contributed by atoms with Gasteiger partial charge in [0.1, 0.15) is 0 Å². The van der Waals surface area contributed by atoms with Crippen LogP contribution in [0, 0.1) is 0 Å². The smallest absolute Gasteiger partial charge is 0.241 e. The maximum absolute atomic E-state index is 12.4. The Hall–Kier alpha value is -1.59. The van der Waals surface area contributed by atoms with Gasteiger partial charge < -0.3 is 20.3 Å². The van der Waals surface area contributed by atoms with Gasteiger partial charge in [-0.25, -0.2) is 0 Å². The van der Waals surface area contributed by atoms with E-state index in [0.29, 0.717) is 0 Å². The molecule has 2 fully saturated rings. The Kier molecular flexibility index (Phi) is 4.72. The molecule has 2 aliphatic heterocycles. The molecule has 0 spiro atoms. The van der Waals surface area contributed by atoms with Crippen molar-refractivity contribution in [2.45, 2.75) is 25.3 Å². The number of piperidine rings is 1. The van der Waals surface area contributed by atoms with Crippen molar-refractivity contribution in [2.24, 2.45) is 0 Å². The van der Waals surface area contributed by atoms with Crippen LogP contribution in [0.3, 0.4) is 0 Å². The van der Waals surface area contributed by atoms with E-state index in [-0.39, 0.29) is 11.9 Å². The van der Waals surface area contributed by atoms with Crippen LogP contribution in [0.25, 0.3) is 0 Å². The summed E-state index contributed by atoms with van der Waals surface area (Å²) in [5.74, 6) is 0.0791. The van der Waals surface area contributed by atoms with Crippen LogP contribution in [0.1, 0.15) is 19.3 Å². The van der Waals surface area contributed by atoms with E-state index in [4.69, 9.17) is 4.74 Å². The van der Waals surface area contributed by atoms with Crippen LogP contribution in [0.15, 0.2) is 24.3 Å². The van der Waals surface area contributed by atoms with Gasteiger partial charge in [-0.1, -0.05) is 18.6 Å². The lowest BCUT2D eigenvalue weighted by Crippen LogP contribution is -2.44. The highest BCUT2D eigenvalue weighted by atomic mass is 16.5. The molecule has 2 saturated heterocycles. The second-order valence-corrected chi connectivity index (χ2v) is 5.61. The van der Waals surface area contributed by atoms with E-state index in [2.05, 4.69) is 21.6 Å². The maximum Gasteiger partial charge on any atom is 0.241 e. The Bertz CT molecular complexity index is 480. The summed E-state index contributed by atoms with van der Waals surface area (Å²) in [5, 5.41) is 6.39. The minimum atomic E-state index is -0.0588. The fraction of sp³-hybridized carbons (Fsp3) is 0.562. The van der Waals surface area contributed by atoms with Crippen molar-refractivity contribution in [1.29, 1.82) is 0 Å². The van der Waals surface area contributed by atoms with Crippen molar-refractivity contribution < 1.29 is 9.53 Å². The predicted molar refractivity (Wildman–Crippen MR) is 83.7 cm³/mol. The molecular formula is C16H23N3O2. The standard InChI is InChI=1S/C16H23N3O2/c20-16(14-6-3-4-8-17-14)18-13-5-1-2-7-15(13)19-9-11-21-12-10-19/h1-2,5,7,14,17H,3-4,6,8-12H2,(H,18,20). The number of carbonyl (C=O) groups excluding carboxylic acids is 1. The van der Waals surface area contributed by atoms with Gasteiger partial charge in [0, 0.05) is 13.1 Å². The van der Waals surface area contributed by atoms with Gasteiger partial charge in [-0.2, -0.15) is 0 Å². The number of ether oxygens (including phenoxy) is 1. The summed E-state index contributed by atoms with van der Waals surface area (Å²) in [7, 11) is 0. The quantitative estimate of drug-likeness (QED) is 0.887. The highest BCUT2D eigenvalue weighted by Gasteiger charge is 2.22. The summed E-state index contributed by atoms with van der Waals surface area (Å²) < 4.78 is 5.40. The molecule has 1 amide bonds. The van der Waals surface area contributed by atoms with E-state index >= 15 is 0 Å². The number of morpholine rings is 1.